The predicted octanol–water partition coefficient (Wildman–Crippen LogP) is 4.03. The summed E-state index contributed by atoms with van der Waals surface area (Å²) >= 11 is 0. The highest BCUT2D eigenvalue weighted by Crippen LogP contribution is 2.44. The minimum Gasteiger partial charge on any atom is -0.448 e. The van der Waals surface area contributed by atoms with Gasteiger partial charge in [-0.15, -0.1) is 0 Å². The molecule has 1 aliphatic carbocycles. The van der Waals surface area contributed by atoms with Gasteiger partial charge in [0.1, 0.15) is 6.61 Å². The fourth-order valence-corrected chi connectivity index (χ4v) is 4.26. The zero-order valence-electron chi connectivity index (χ0n) is 15.1. The van der Waals surface area contributed by atoms with Crippen molar-refractivity contribution >= 4 is 6.09 Å². The number of aliphatic hydroxyl groups excluding tert-OH is 1. The number of aliphatic hydroxyl groups is 1. The average Bonchev–Trinajstić information content (AvgIpc) is 3.00. The lowest BCUT2D eigenvalue weighted by Gasteiger charge is -2.36. The van der Waals surface area contributed by atoms with E-state index in [2.05, 4.69) is 43.3 Å². The van der Waals surface area contributed by atoms with Crippen LogP contribution in [0.4, 0.5) is 4.79 Å². The summed E-state index contributed by atoms with van der Waals surface area (Å²) in [5, 5.41) is 9.42. The molecule has 26 heavy (non-hydrogen) atoms. The van der Waals surface area contributed by atoms with Gasteiger partial charge in [-0.05, 0) is 47.9 Å². The molecular weight excluding hydrogens is 326 g/mol. The number of carbonyl (C=O) groups is 1. The number of fused-ring (bicyclic) bond motifs is 3. The summed E-state index contributed by atoms with van der Waals surface area (Å²) in [4.78, 5) is 14.4. The van der Waals surface area contributed by atoms with Crippen molar-refractivity contribution in [2.24, 2.45) is 5.92 Å². The normalized spacial score (nSPS) is 22.0. The second-order valence-electron chi connectivity index (χ2n) is 7.43. The number of nitrogens with zero attached hydrogens (tertiary/aromatic N) is 1. The van der Waals surface area contributed by atoms with E-state index in [0.29, 0.717) is 13.2 Å². The second-order valence-corrected chi connectivity index (χ2v) is 7.43. The molecule has 1 N–H and O–H groups in total. The van der Waals surface area contributed by atoms with Crippen LogP contribution in [0, 0.1) is 5.92 Å². The molecule has 4 rings (SSSR count). The Bertz CT molecular complexity index is 758. The van der Waals surface area contributed by atoms with E-state index < -0.39 is 0 Å². The quantitative estimate of drug-likeness (QED) is 0.908. The van der Waals surface area contributed by atoms with E-state index in [0.717, 1.165) is 12.8 Å². The molecular formula is C22H25NO3. The first-order valence-electron chi connectivity index (χ1n) is 9.41. The molecule has 2 atom stereocenters. The molecule has 2 aliphatic rings. The van der Waals surface area contributed by atoms with E-state index in [4.69, 9.17) is 4.74 Å². The van der Waals surface area contributed by atoms with Crippen LogP contribution in [0.3, 0.4) is 0 Å². The molecule has 0 spiro atoms. The van der Waals surface area contributed by atoms with Gasteiger partial charge in [0.25, 0.3) is 0 Å². The lowest BCUT2D eigenvalue weighted by Crippen LogP contribution is -2.46. The zero-order valence-corrected chi connectivity index (χ0v) is 15.1. The average molecular weight is 351 g/mol. The first kappa shape index (κ1) is 17.1. The fraction of sp³-hybridized carbons (Fsp3) is 0.409. The Morgan fingerprint density at radius 2 is 1.69 bits per heavy atom. The first-order valence-corrected chi connectivity index (χ1v) is 9.41. The van der Waals surface area contributed by atoms with E-state index in [-0.39, 0.29) is 30.6 Å². The Hall–Kier alpha value is -2.33. The number of hydrogen-bond donors (Lipinski definition) is 1. The Morgan fingerprint density at radius 1 is 1.08 bits per heavy atom. The van der Waals surface area contributed by atoms with Crippen molar-refractivity contribution in [1.82, 2.24) is 4.90 Å². The third-order valence-electron chi connectivity index (χ3n) is 5.81. The lowest BCUT2D eigenvalue weighted by molar-refractivity contribution is 0.0502. The van der Waals surface area contributed by atoms with Crippen LogP contribution in [-0.2, 0) is 4.74 Å². The van der Waals surface area contributed by atoms with Gasteiger partial charge in [0.15, 0.2) is 0 Å². The molecule has 1 aliphatic heterocycles. The van der Waals surface area contributed by atoms with Gasteiger partial charge in [-0.25, -0.2) is 4.79 Å². The van der Waals surface area contributed by atoms with Crippen molar-refractivity contribution in [1.29, 1.82) is 0 Å². The summed E-state index contributed by atoms with van der Waals surface area (Å²) in [6.07, 6.45) is 1.61. The molecule has 4 nitrogen and oxygen atoms in total. The van der Waals surface area contributed by atoms with Gasteiger partial charge in [-0.2, -0.15) is 0 Å². The highest BCUT2D eigenvalue weighted by Gasteiger charge is 2.32. The third-order valence-corrected chi connectivity index (χ3v) is 5.81. The maximum Gasteiger partial charge on any atom is 0.410 e. The lowest BCUT2D eigenvalue weighted by atomic mass is 9.94. The molecule has 2 aromatic carbocycles. The smallest absolute Gasteiger partial charge is 0.410 e. The largest absolute Gasteiger partial charge is 0.448 e. The Balaban J connectivity index is 1.50. The monoisotopic (exact) mass is 351 g/mol. The highest BCUT2D eigenvalue weighted by atomic mass is 16.6. The van der Waals surface area contributed by atoms with E-state index >= 15 is 0 Å². The summed E-state index contributed by atoms with van der Waals surface area (Å²) in [6, 6.07) is 16.9. The Labute approximate surface area is 154 Å². The number of ether oxygens (including phenoxy) is 1. The van der Waals surface area contributed by atoms with Gasteiger partial charge in [-0.3, -0.25) is 0 Å². The van der Waals surface area contributed by atoms with E-state index in [1.807, 2.05) is 12.1 Å². The number of amides is 1. The number of rotatable bonds is 3. The Kier molecular flexibility index (Phi) is 4.68. The van der Waals surface area contributed by atoms with Crippen LogP contribution in [0.1, 0.15) is 36.8 Å². The predicted molar refractivity (Wildman–Crippen MR) is 101 cm³/mol. The molecule has 0 bridgehead atoms. The summed E-state index contributed by atoms with van der Waals surface area (Å²) in [7, 11) is 0. The number of piperidine rings is 1. The van der Waals surface area contributed by atoms with Crippen molar-refractivity contribution in [3.63, 3.8) is 0 Å². The highest BCUT2D eigenvalue weighted by molar-refractivity contribution is 5.79. The Morgan fingerprint density at radius 3 is 2.31 bits per heavy atom. The molecule has 1 fully saturated rings. The fourth-order valence-electron chi connectivity index (χ4n) is 4.26. The van der Waals surface area contributed by atoms with Crippen molar-refractivity contribution in [3.8, 4) is 11.1 Å². The van der Waals surface area contributed by atoms with Gasteiger partial charge in [0.05, 0.1) is 0 Å². The second kappa shape index (κ2) is 7.12. The van der Waals surface area contributed by atoms with Crippen LogP contribution in [0.5, 0.6) is 0 Å². The third kappa shape index (κ3) is 2.99. The standard InChI is InChI=1S/C22H25NO3/c1-15-10-11-16(13-24)12-23(15)22(25)26-14-21-19-8-4-2-6-17(19)18-7-3-5-9-20(18)21/h2-9,15-16,21,24H,10-14H2,1H3/t15-,16+/m1/s1. The van der Waals surface area contributed by atoms with Crippen molar-refractivity contribution in [3.05, 3.63) is 59.7 Å². The maximum absolute atomic E-state index is 12.7. The van der Waals surface area contributed by atoms with Crippen LogP contribution in [0.15, 0.2) is 48.5 Å². The summed E-state index contributed by atoms with van der Waals surface area (Å²) in [5.41, 5.74) is 4.91. The van der Waals surface area contributed by atoms with Crippen molar-refractivity contribution < 1.29 is 14.6 Å². The van der Waals surface area contributed by atoms with Crippen LogP contribution in [0.2, 0.25) is 0 Å². The zero-order chi connectivity index (χ0) is 18.1. The SMILES string of the molecule is C[C@@H]1CC[C@H](CO)CN1C(=O)OCC1c2ccccc2-c2ccccc21. The van der Waals surface area contributed by atoms with Crippen molar-refractivity contribution in [2.45, 2.75) is 31.7 Å². The van der Waals surface area contributed by atoms with Crippen LogP contribution < -0.4 is 0 Å². The van der Waals surface area contributed by atoms with Crippen LogP contribution in [0.25, 0.3) is 11.1 Å². The van der Waals surface area contributed by atoms with Gasteiger partial charge >= 0.3 is 6.09 Å². The minimum absolute atomic E-state index is 0.0834. The van der Waals surface area contributed by atoms with Crippen LogP contribution in [-0.4, -0.2) is 41.9 Å². The topological polar surface area (TPSA) is 49.8 Å². The molecule has 0 radical (unpaired) electrons. The molecule has 1 heterocycles. The first-order chi connectivity index (χ1) is 12.7. The van der Waals surface area contributed by atoms with Gasteiger partial charge in [0, 0.05) is 25.1 Å². The molecule has 4 heteroatoms. The molecule has 0 saturated carbocycles. The van der Waals surface area contributed by atoms with Gasteiger partial charge < -0.3 is 14.7 Å². The molecule has 2 aromatic rings. The number of likely N-dealkylation sites (tertiary alicyclic amines) is 1. The van der Waals surface area contributed by atoms with E-state index in [1.165, 1.54) is 22.3 Å². The molecule has 1 saturated heterocycles. The molecule has 0 unspecified atom stereocenters. The van der Waals surface area contributed by atoms with Crippen LogP contribution >= 0.6 is 0 Å². The van der Waals surface area contributed by atoms with Gasteiger partial charge in [0.2, 0.25) is 0 Å². The molecule has 0 aromatic heterocycles. The van der Waals surface area contributed by atoms with E-state index in [9.17, 15) is 9.90 Å². The summed E-state index contributed by atoms with van der Waals surface area (Å²) < 4.78 is 5.75. The molecule has 1 amide bonds. The molecule has 136 valence electrons. The summed E-state index contributed by atoms with van der Waals surface area (Å²) in [5.74, 6) is 0.242. The van der Waals surface area contributed by atoms with Gasteiger partial charge in [-0.1, -0.05) is 48.5 Å². The van der Waals surface area contributed by atoms with E-state index in [1.54, 1.807) is 4.90 Å². The summed E-state index contributed by atoms with van der Waals surface area (Å²) in [6.45, 7) is 3.10. The minimum atomic E-state index is -0.266. The van der Waals surface area contributed by atoms with Crippen molar-refractivity contribution in [2.75, 3.05) is 19.8 Å². The number of benzene rings is 2. The number of carbonyl (C=O) groups excluding carboxylic acids is 1. The maximum atomic E-state index is 12.7. The number of hydrogen-bond acceptors (Lipinski definition) is 3.